The van der Waals surface area contributed by atoms with Crippen molar-refractivity contribution in [1.29, 1.82) is 0 Å². The van der Waals surface area contributed by atoms with Gasteiger partial charge in [-0.2, -0.15) is 5.10 Å². The van der Waals surface area contributed by atoms with E-state index >= 15 is 0 Å². The standard InChI is InChI=1S/C26H26N6O/c1-17-9-10-23-20(14-27-31(23)15-17)18-6-5-7-19-21(18)16-32(26(19)33)29-25-12-11-24-22(28-25)8-3-4-13-30(24)2/h5-7,9-12,14-15H,3-4,8,13,16H2,1-2H3,(H,28,29). The van der Waals surface area contributed by atoms with Gasteiger partial charge in [-0.15, -0.1) is 0 Å². The number of benzene rings is 1. The zero-order valence-corrected chi connectivity index (χ0v) is 18.9. The highest BCUT2D eigenvalue weighted by Gasteiger charge is 2.31. The van der Waals surface area contributed by atoms with E-state index in [2.05, 4.69) is 53.7 Å². The average Bonchev–Trinajstić information content (AvgIpc) is 3.31. The van der Waals surface area contributed by atoms with Crippen LogP contribution >= 0.6 is 0 Å². The van der Waals surface area contributed by atoms with Gasteiger partial charge in [0.15, 0.2) is 0 Å². The van der Waals surface area contributed by atoms with Crippen molar-refractivity contribution >= 4 is 22.9 Å². The van der Waals surface area contributed by atoms with Crippen molar-refractivity contribution in [3.05, 3.63) is 77.2 Å². The van der Waals surface area contributed by atoms with Crippen molar-refractivity contribution in [2.24, 2.45) is 0 Å². The van der Waals surface area contributed by atoms with E-state index in [1.807, 2.05) is 35.1 Å². The maximum absolute atomic E-state index is 13.2. The highest BCUT2D eigenvalue weighted by Crippen LogP contribution is 2.35. The lowest BCUT2D eigenvalue weighted by Gasteiger charge is -2.21. The Morgan fingerprint density at radius 1 is 1.00 bits per heavy atom. The predicted molar refractivity (Wildman–Crippen MR) is 129 cm³/mol. The van der Waals surface area contributed by atoms with Crippen molar-refractivity contribution < 1.29 is 4.79 Å². The molecule has 0 aliphatic carbocycles. The molecule has 0 unspecified atom stereocenters. The molecule has 0 atom stereocenters. The first-order valence-corrected chi connectivity index (χ1v) is 11.4. The lowest BCUT2D eigenvalue weighted by molar-refractivity contribution is 0.0814. The Morgan fingerprint density at radius 2 is 1.88 bits per heavy atom. The van der Waals surface area contributed by atoms with Crippen LogP contribution in [0.5, 0.6) is 0 Å². The van der Waals surface area contributed by atoms with Gasteiger partial charge in [0, 0.05) is 30.9 Å². The molecule has 0 saturated carbocycles. The Hall–Kier alpha value is -3.87. The first kappa shape index (κ1) is 19.8. The van der Waals surface area contributed by atoms with Gasteiger partial charge < -0.3 is 4.90 Å². The van der Waals surface area contributed by atoms with E-state index in [1.165, 1.54) is 12.1 Å². The smallest absolute Gasteiger partial charge is 0.272 e. The summed E-state index contributed by atoms with van der Waals surface area (Å²) in [6, 6.07) is 14.2. The zero-order valence-electron chi connectivity index (χ0n) is 18.9. The van der Waals surface area contributed by atoms with Gasteiger partial charge in [-0.25, -0.2) is 14.5 Å². The first-order valence-electron chi connectivity index (χ1n) is 11.4. The number of rotatable bonds is 3. The third kappa shape index (κ3) is 3.31. The third-order valence-electron chi connectivity index (χ3n) is 6.69. The largest absolute Gasteiger partial charge is 0.373 e. The summed E-state index contributed by atoms with van der Waals surface area (Å²) in [5.74, 6) is 0.672. The lowest BCUT2D eigenvalue weighted by Crippen LogP contribution is -2.30. The number of fused-ring (bicyclic) bond motifs is 3. The number of aryl methyl sites for hydroxylation is 2. The molecule has 33 heavy (non-hydrogen) atoms. The van der Waals surface area contributed by atoms with Gasteiger partial charge in [0.25, 0.3) is 5.91 Å². The van der Waals surface area contributed by atoms with Gasteiger partial charge in [-0.05, 0) is 67.1 Å². The third-order valence-corrected chi connectivity index (χ3v) is 6.69. The molecule has 2 aliphatic heterocycles. The van der Waals surface area contributed by atoms with Crippen molar-refractivity contribution in [1.82, 2.24) is 19.6 Å². The molecular formula is C26H26N6O. The minimum absolute atomic E-state index is 0.0342. The van der Waals surface area contributed by atoms with Crippen LogP contribution < -0.4 is 10.3 Å². The van der Waals surface area contributed by atoms with Crippen LogP contribution in [0.15, 0.2) is 54.9 Å². The molecule has 1 aromatic carbocycles. The molecule has 4 aromatic rings. The van der Waals surface area contributed by atoms with Gasteiger partial charge >= 0.3 is 0 Å². The van der Waals surface area contributed by atoms with Crippen molar-refractivity contribution in [3.8, 4) is 11.1 Å². The fraction of sp³-hybridized carbons (Fsp3) is 0.269. The molecule has 0 fully saturated rings. The van der Waals surface area contributed by atoms with Gasteiger partial charge in [-0.1, -0.05) is 18.2 Å². The van der Waals surface area contributed by atoms with Gasteiger partial charge in [-0.3, -0.25) is 10.2 Å². The number of hydrogen-bond donors (Lipinski definition) is 1. The molecule has 166 valence electrons. The van der Waals surface area contributed by atoms with Crippen LogP contribution in [0.25, 0.3) is 16.6 Å². The molecule has 0 bridgehead atoms. The number of anilines is 2. The Morgan fingerprint density at radius 3 is 2.79 bits per heavy atom. The minimum atomic E-state index is -0.0342. The number of carbonyl (C=O) groups is 1. The molecule has 2 aliphatic rings. The monoisotopic (exact) mass is 438 g/mol. The molecule has 1 N–H and O–H groups in total. The van der Waals surface area contributed by atoms with Crippen molar-refractivity contribution in [3.63, 3.8) is 0 Å². The summed E-state index contributed by atoms with van der Waals surface area (Å²) in [5, 5.41) is 6.20. The Kier molecular flexibility index (Phi) is 4.57. The lowest BCUT2D eigenvalue weighted by atomic mass is 9.98. The number of pyridine rings is 2. The van der Waals surface area contributed by atoms with Crippen LogP contribution in [0.2, 0.25) is 0 Å². The molecule has 0 spiro atoms. The van der Waals surface area contributed by atoms with Crippen molar-refractivity contribution in [2.45, 2.75) is 32.7 Å². The Bertz CT molecular complexity index is 1390. The first-order chi connectivity index (χ1) is 16.1. The molecule has 0 radical (unpaired) electrons. The van der Waals surface area contributed by atoms with Gasteiger partial charge in [0.1, 0.15) is 5.82 Å². The highest BCUT2D eigenvalue weighted by molar-refractivity contribution is 6.02. The SMILES string of the molecule is Cc1ccc2c(-c3cccc4c3CN(Nc3ccc5c(n3)CCCCN5C)C4=O)cnn2c1. The second kappa shape index (κ2) is 7.62. The Balaban J connectivity index is 1.32. The summed E-state index contributed by atoms with van der Waals surface area (Å²) in [4.78, 5) is 20.3. The number of carbonyl (C=O) groups excluding carboxylic acids is 1. The summed E-state index contributed by atoms with van der Waals surface area (Å²) in [5.41, 5.74) is 11.5. The zero-order chi connectivity index (χ0) is 22.5. The number of nitrogens with one attached hydrogen (secondary N) is 1. The van der Waals surface area contributed by atoms with Gasteiger partial charge in [0.05, 0.1) is 29.6 Å². The maximum Gasteiger partial charge on any atom is 0.272 e. The Labute approximate surface area is 192 Å². The number of nitrogens with zero attached hydrogens (tertiary/aromatic N) is 5. The van der Waals surface area contributed by atoms with E-state index in [1.54, 1.807) is 5.01 Å². The second-order valence-electron chi connectivity index (χ2n) is 8.97. The maximum atomic E-state index is 13.2. The molecule has 7 heteroatoms. The van der Waals surface area contributed by atoms with Crippen LogP contribution in [0.4, 0.5) is 11.5 Å². The summed E-state index contributed by atoms with van der Waals surface area (Å²) >= 11 is 0. The second-order valence-corrected chi connectivity index (χ2v) is 8.97. The molecular weight excluding hydrogens is 412 g/mol. The molecule has 6 rings (SSSR count). The minimum Gasteiger partial charge on any atom is -0.373 e. The van der Waals surface area contributed by atoms with E-state index in [9.17, 15) is 4.79 Å². The fourth-order valence-corrected chi connectivity index (χ4v) is 4.96. The molecule has 0 saturated heterocycles. The number of aromatic nitrogens is 3. The normalized spacial score (nSPS) is 15.5. The molecule has 7 nitrogen and oxygen atoms in total. The van der Waals surface area contributed by atoms with Crippen molar-refractivity contribution in [2.75, 3.05) is 23.9 Å². The van der Waals surface area contributed by atoms with E-state index in [4.69, 9.17) is 4.98 Å². The van der Waals surface area contributed by atoms with Crippen LogP contribution in [-0.2, 0) is 13.0 Å². The number of hydrazine groups is 1. The van der Waals surface area contributed by atoms with Crippen LogP contribution in [0, 0.1) is 6.92 Å². The van der Waals surface area contributed by atoms with Crippen LogP contribution in [-0.4, -0.2) is 39.1 Å². The van der Waals surface area contributed by atoms with Crippen LogP contribution in [0.3, 0.4) is 0 Å². The highest BCUT2D eigenvalue weighted by atomic mass is 16.2. The van der Waals surface area contributed by atoms with E-state index in [-0.39, 0.29) is 5.91 Å². The summed E-state index contributed by atoms with van der Waals surface area (Å²) in [7, 11) is 2.11. The topological polar surface area (TPSA) is 65.8 Å². The summed E-state index contributed by atoms with van der Waals surface area (Å²) in [6.07, 6.45) is 7.16. The number of amides is 1. The summed E-state index contributed by atoms with van der Waals surface area (Å²) < 4.78 is 1.90. The summed E-state index contributed by atoms with van der Waals surface area (Å²) in [6.45, 7) is 3.58. The van der Waals surface area contributed by atoms with E-state index in [0.717, 1.165) is 58.4 Å². The molecule has 3 aromatic heterocycles. The number of hydrogen-bond acceptors (Lipinski definition) is 5. The quantitative estimate of drug-likeness (QED) is 0.512. The van der Waals surface area contributed by atoms with Crippen LogP contribution in [0.1, 0.15) is 40.0 Å². The average molecular weight is 439 g/mol. The van der Waals surface area contributed by atoms with Gasteiger partial charge in [0.2, 0.25) is 0 Å². The molecule has 5 heterocycles. The van der Waals surface area contributed by atoms with E-state index < -0.39 is 0 Å². The fourth-order valence-electron chi connectivity index (χ4n) is 4.96. The predicted octanol–water partition coefficient (Wildman–Crippen LogP) is 4.46. The van der Waals surface area contributed by atoms with E-state index in [0.29, 0.717) is 12.4 Å². The molecule has 1 amide bonds.